The Kier molecular flexibility index (Phi) is 6.34. The summed E-state index contributed by atoms with van der Waals surface area (Å²) in [6, 6.07) is -0.954. The van der Waals surface area contributed by atoms with E-state index in [9.17, 15) is 9.59 Å². The third-order valence-electron chi connectivity index (χ3n) is 1.28. The lowest BCUT2D eigenvalue weighted by Crippen LogP contribution is -2.44. The highest BCUT2D eigenvalue weighted by molar-refractivity contribution is 7.99. The molecule has 0 aromatic heterocycles. The second-order valence-electron chi connectivity index (χ2n) is 2.26. The van der Waals surface area contributed by atoms with Gasteiger partial charge in [-0.25, -0.2) is 4.79 Å². The van der Waals surface area contributed by atoms with Gasteiger partial charge < -0.3 is 15.2 Å². The molecule has 76 valence electrons. The molecule has 2 N–H and O–H groups in total. The van der Waals surface area contributed by atoms with Gasteiger partial charge in [0.15, 0.2) is 6.04 Å². The largest absolute Gasteiger partial charge is 0.467 e. The summed E-state index contributed by atoms with van der Waals surface area (Å²) >= 11 is 1.34. The minimum Gasteiger partial charge on any atom is -0.467 e. The van der Waals surface area contributed by atoms with E-state index >= 15 is 0 Å². The van der Waals surface area contributed by atoms with Crippen molar-refractivity contribution >= 4 is 23.6 Å². The third kappa shape index (κ3) is 4.74. The predicted molar refractivity (Wildman–Crippen MR) is 49.4 cm³/mol. The molecule has 0 spiro atoms. The second kappa shape index (κ2) is 6.73. The molecule has 0 heterocycles. The normalized spacial score (nSPS) is 11.9. The van der Waals surface area contributed by atoms with Gasteiger partial charge >= 0.3 is 5.97 Å². The highest BCUT2D eigenvalue weighted by atomic mass is 32.2. The van der Waals surface area contributed by atoms with Crippen molar-refractivity contribution in [1.82, 2.24) is 5.32 Å². The van der Waals surface area contributed by atoms with Gasteiger partial charge in [-0.2, -0.15) is 11.8 Å². The highest BCUT2D eigenvalue weighted by Gasteiger charge is 2.19. The van der Waals surface area contributed by atoms with Crippen molar-refractivity contribution in [2.24, 2.45) is 0 Å². The molecule has 1 amide bonds. The smallest absolute Gasteiger partial charge is 0.330 e. The molecular weight excluding hydrogens is 194 g/mol. The van der Waals surface area contributed by atoms with Crippen LogP contribution in [-0.2, 0) is 14.3 Å². The highest BCUT2D eigenvalue weighted by Crippen LogP contribution is 1.92. The van der Waals surface area contributed by atoms with Gasteiger partial charge in [-0.15, -0.1) is 0 Å². The van der Waals surface area contributed by atoms with Crippen LogP contribution in [0.2, 0.25) is 0 Å². The van der Waals surface area contributed by atoms with Crippen molar-refractivity contribution < 1.29 is 19.4 Å². The van der Waals surface area contributed by atoms with Gasteiger partial charge in [0, 0.05) is 0 Å². The molecule has 0 fully saturated rings. The van der Waals surface area contributed by atoms with E-state index < -0.39 is 18.6 Å². The average Bonchev–Trinajstić information content (AvgIpc) is 2.13. The number of ether oxygens (including phenoxy) is 1. The zero-order valence-corrected chi connectivity index (χ0v) is 8.39. The fourth-order valence-corrected chi connectivity index (χ4v) is 1.03. The molecule has 0 rings (SSSR count). The first-order valence-electron chi connectivity index (χ1n) is 3.62. The van der Waals surface area contributed by atoms with Crippen molar-refractivity contribution in [3.8, 4) is 0 Å². The summed E-state index contributed by atoms with van der Waals surface area (Å²) in [5, 5.41) is 11.1. The first-order valence-corrected chi connectivity index (χ1v) is 5.02. The maximum atomic E-state index is 11.0. The number of thioether (sulfide) groups is 1. The van der Waals surface area contributed by atoms with Crippen LogP contribution < -0.4 is 5.32 Å². The van der Waals surface area contributed by atoms with Crippen LogP contribution in [-0.4, -0.2) is 48.8 Å². The maximum Gasteiger partial charge on any atom is 0.330 e. The number of esters is 1. The molecule has 0 aromatic rings. The molecule has 0 saturated carbocycles. The van der Waals surface area contributed by atoms with Crippen LogP contribution in [0, 0.1) is 0 Å². The maximum absolute atomic E-state index is 11.0. The average molecular weight is 207 g/mol. The van der Waals surface area contributed by atoms with Gasteiger partial charge in [0.1, 0.15) is 0 Å². The SMILES string of the molecule is COC(=O)C(CO)NC(=O)CSC. The molecule has 0 saturated heterocycles. The summed E-state index contributed by atoms with van der Waals surface area (Å²) in [7, 11) is 1.20. The minimum atomic E-state index is -0.954. The molecule has 5 nitrogen and oxygen atoms in total. The van der Waals surface area contributed by atoms with Gasteiger partial charge in [-0.1, -0.05) is 0 Å². The Morgan fingerprint density at radius 1 is 1.62 bits per heavy atom. The van der Waals surface area contributed by atoms with Crippen LogP contribution in [0.3, 0.4) is 0 Å². The van der Waals surface area contributed by atoms with Gasteiger partial charge in [-0.3, -0.25) is 4.79 Å². The van der Waals surface area contributed by atoms with Crippen LogP contribution in [0.25, 0.3) is 0 Å². The summed E-state index contributed by atoms with van der Waals surface area (Å²) < 4.78 is 4.36. The Hall–Kier alpha value is -0.750. The molecule has 0 aliphatic heterocycles. The lowest BCUT2D eigenvalue weighted by Gasteiger charge is -2.12. The number of hydrogen-bond acceptors (Lipinski definition) is 5. The second-order valence-corrected chi connectivity index (χ2v) is 3.12. The molecule has 1 unspecified atom stereocenters. The number of carbonyl (C=O) groups is 2. The number of methoxy groups -OCH3 is 1. The number of hydrogen-bond donors (Lipinski definition) is 2. The summed E-state index contributed by atoms with van der Waals surface area (Å²) in [5.74, 6) is -0.679. The summed E-state index contributed by atoms with van der Waals surface area (Å²) in [4.78, 5) is 21.9. The van der Waals surface area contributed by atoms with Crippen molar-refractivity contribution in [3.05, 3.63) is 0 Å². The van der Waals surface area contributed by atoms with E-state index in [1.54, 1.807) is 6.26 Å². The number of nitrogens with one attached hydrogen (secondary N) is 1. The Bertz CT molecular complexity index is 185. The molecule has 0 aliphatic carbocycles. The fourth-order valence-electron chi connectivity index (χ4n) is 0.688. The van der Waals surface area contributed by atoms with E-state index in [0.717, 1.165) is 0 Å². The molecule has 6 heteroatoms. The molecule has 0 radical (unpaired) electrons. The Labute approximate surface area is 80.8 Å². The third-order valence-corrected chi connectivity index (χ3v) is 1.83. The monoisotopic (exact) mass is 207 g/mol. The molecule has 1 atom stereocenters. The molecule has 0 aromatic carbocycles. The number of carbonyl (C=O) groups excluding carboxylic acids is 2. The van der Waals surface area contributed by atoms with Gasteiger partial charge in [0.2, 0.25) is 5.91 Å². The molecule has 0 bridgehead atoms. The Morgan fingerprint density at radius 3 is 2.62 bits per heavy atom. The van der Waals surface area contributed by atoms with Gasteiger partial charge in [-0.05, 0) is 6.26 Å². The number of aliphatic hydroxyl groups is 1. The molecule has 0 aliphatic rings. The summed E-state index contributed by atoms with van der Waals surface area (Å²) in [6.07, 6.45) is 1.77. The van der Waals surface area contributed by atoms with Crippen LogP contribution in [0.15, 0.2) is 0 Å². The molecular formula is C7H13NO4S. The zero-order chi connectivity index (χ0) is 10.3. The van der Waals surface area contributed by atoms with Crippen molar-refractivity contribution in [2.75, 3.05) is 25.7 Å². The lowest BCUT2D eigenvalue weighted by atomic mass is 10.3. The van der Waals surface area contributed by atoms with E-state index in [2.05, 4.69) is 10.1 Å². The van der Waals surface area contributed by atoms with E-state index in [-0.39, 0.29) is 11.7 Å². The summed E-state index contributed by atoms with van der Waals surface area (Å²) in [5.41, 5.74) is 0. The molecule has 13 heavy (non-hydrogen) atoms. The first kappa shape index (κ1) is 12.2. The Balaban J connectivity index is 3.97. The van der Waals surface area contributed by atoms with E-state index in [1.165, 1.54) is 18.9 Å². The Morgan fingerprint density at radius 2 is 2.23 bits per heavy atom. The predicted octanol–water partition coefficient (Wildman–Crippen LogP) is -1.00. The van der Waals surface area contributed by atoms with E-state index in [4.69, 9.17) is 5.11 Å². The van der Waals surface area contributed by atoms with Gasteiger partial charge in [0.05, 0.1) is 19.5 Å². The zero-order valence-electron chi connectivity index (χ0n) is 7.57. The van der Waals surface area contributed by atoms with Crippen molar-refractivity contribution in [1.29, 1.82) is 0 Å². The topological polar surface area (TPSA) is 75.6 Å². The summed E-state index contributed by atoms with van der Waals surface area (Å²) in [6.45, 7) is -0.452. The van der Waals surface area contributed by atoms with Crippen molar-refractivity contribution in [3.63, 3.8) is 0 Å². The van der Waals surface area contributed by atoms with Crippen LogP contribution >= 0.6 is 11.8 Å². The lowest BCUT2D eigenvalue weighted by molar-refractivity contribution is -0.145. The number of aliphatic hydroxyl groups excluding tert-OH is 1. The first-order chi connectivity index (χ1) is 6.15. The van der Waals surface area contributed by atoms with Crippen LogP contribution in [0.1, 0.15) is 0 Å². The number of amides is 1. The quantitative estimate of drug-likeness (QED) is 0.565. The van der Waals surface area contributed by atoms with Crippen molar-refractivity contribution in [2.45, 2.75) is 6.04 Å². The standard InChI is InChI=1S/C7H13NO4S/c1-12-7(11)5(3-9)8-6(10)4-13-2/h5,9H,3-4H2,1-2H3,(H,8,10). The van der Waals surface area contributed by atoms with Crippen LogP contribution in [0.5, 0.6) is 0 Å². The van der Waals surface area contributed by atoms with Gasteiger partial charge in [0.25, 0.3) is 0 Å². The van der Waals surface area contributed by atoms with E-state index in [0.29, 0.717) is 0 Å². The fraction of sp³-hybridized carbons (Fsp3) is 0.714. The minimum absolute atomic E-state index is 0.257. The van der Waals surface area contributed by atoms with E-state index in [1.807, 2.05) is 0 Å². The number of rotatable bonds is 5. The van der Waals surface area contributed by atoms with Crippen LogP contribution in [0.4, 0.5) is 0 Å².